The van der Waals surface area contributed by atoms with Gasteiger partial charge in [-0.25, -0.2) is 4.57 Å². The molecule has 98 valence electrons. The van der Waals surface area contributed by atoms with Gasteiger partial charge in [0, 0.05) is 12.1 Å². The lowest BCUT2D eigenvalue weighted by atomic mass is 10.2. The van der Waals surface area contributed by atoms with E-state index in [2.05, 4.69) is 41.1 Å². The first-order valence-electron chi connectivity index (χ1n) is 5.96. The van der Waals surface area contributed by atoms with E-state index in [1.807, 2.05) is 28.8 Å². The molecule has 4 heteroatoms. The van der Waals surface area contributed by atoms with E-state index in [0.29, 0.717) is 0 Å². The number of aromatic nitrogens is 2. The van der Waals surface area contributed by atoms with Crippen molar-refractivity contribution in [3.8, 4) is 5.88 Å². The van der Waals surface area contributed by atoms with Gasteiger partial charge in [-0.15, -0.1) is 0 Å². The van der Waals surface area contributed by atoms with Crippen LogP contribution in [0.1, 0.15) is 5.56 Å². The average molecular weight is 319 g/mol. The highest BCUT2D eigenvalue weighted by molar-refractivity contribution is 5.33. The number of benzene rings is 1. The highest BCUT2D eigenvalue weighted by Crippen LogP contribution is 2.09. The van der Waals surface area contributed by atoms with Gasteiger partial charge in [-0.05, 0) is 11.6 Å². The van der Waals surface area contributed by atoms with Gasteiger partial charge in [-0.3, -0.25) is 0 Å². The van der Waals surface area contributed by atoms with E-state index < -0.39 is 0 Å². The van der Waals surface area contributed by atoms with Gasteiger partial charge in [-0.1, -0.05) is 30.3 Å². The molecule has 0 aliphatic rings. The molecule has 0 radical (unpaired) electrons. The number of imidazole rings is 1. The monoisotopic (exact) mass is 318 g/mol. The fourth-order valence-corrected chi connectivity index (χ4v) is 2.18. The van der Waals surface area contributed by atoms with E-state index >= 15 is 0 Å². The molecule has 3 aromatic rings. The molecule has 0 spiro atoms. The van der Waals surface area contributed by atoms with Crippen LogP contribution in [-0.4, -0.2) is 11.7 Å². The SMILES string of the molecule is COc1cccc2n(Cc3ccccc3)cc[n+]12.[Br-]. The van der Waals surface area contributed by atoms with Crippen molar-refractivity contribution in [3.05, 3.63) is 66.5 Å². The fourth-order valence-electron chi connectivity index (χ4n) is 2.18. The highest BCUT2D eigenvalue weighted by Gasteiger charge is 2.13. The summed E-state index contributed by atoms with van der Waals surface area (Å²) in [7, 11) is 1.69. The minimum Gasteiger partial charge on any atom is -1.00 e. The molecule has 0 N–H and O–H groups in total. The molecule has 2 heterocycles. The average Bonchev–Trinajstić information content (AvgIpc) is 2.83. The molecule has 0 aliphatic carbocycles. The Labute approximate surface area is 122 Å². The summed E-state index contributed by atoms with van der Waals surface area (Å²) in [5.74, 6) is 0.847. The minimum atomic E-state index is 0. The maximum absolute atomic E-state index is 5.34. The zero-order valence-electron chi connectivity index (χ0n) is 10.7. The first-order valence-corrected chi connectivity index (χ1v) is 5.96. The van der Waals surface area contributed by atoms with Crippen LogP contribution >= 0.6 is 0 Å². The molecule has 0 unspecified atom stereocenters. The van der Waals surface area contributed by atoms with E-state index in [1.165, 1.54) is 5.56 Å². The summed E-state index contributed by atoms with van der Waals surface area (Å²) in [5.41, 5.74) is 2.41. The predicted octanol–water partition coefficient (Wildman–Crippen LogP) is -0.712. The third kappa shape index (κ3) is 2.63. The summed E-state index contributed by atoms with van der Waals surface area (Å²) in [5, 5.41) is 0. The Hall–Kier alpha value is -1.81. The molecule has 0 saturated carbocycles. The zero-order valence-corrected chi connectivity index (χ0v) is 12.2. The first-order chi connectivity index (χ1) is 8.88. The predicted molar refractivity (Wildman–Crippen MR) is 69.7 cm³/mol. The van der Waals surface area contributed by atoms with Gasteiger partial charge < -0.3 is 21.7 Å². The molecule has 2 aromatic heterocycles. The van der Waals surface area contributed by atoms with Crippen LogP contribution in [-0.2, 0) is 6.54 Å². The number of halogens is 1. The van der Waals surface area contributed by atoms with Gasteiger partial charge >= 0.3 is 0 Å². The van der Waals surface area contributed by atoms with Crippen LogP contribution in [0.4, 0.5) is 0 Å². The molecular weight excluding hydrogens is 304 g/mol. The molecule has 0 bridgehead atoms. The topological polar surface area (TPSA) is 18.3 Å². The number of rotatable bonds is 3. The van der Waals surface area contributed by atoms with Crippen LogP contribution in [0.15, 0.2) is 60.9 Å². The van der Waals surface area contributed by atoms with Crippen molar-refractivity contribution >= 4 is 5.65 Å². The third-order valence-electron chi connectivity index (χ3n) is 3.06. The Bertz CT molecular complexity index is 664. The van der Waals surface area contributed by atoms with Gasteiger partial charge in [0.1, 0.15) is 18.9 Å². The van der Waals surface area contributed by atoms with Gasteiger partial charge in [-0.2, -0.15) is 4.40 Å². The molecule has 0 aliphatic heterocycles. The second kappa shape index (κ2) is 5.89. The normalized spacial score (nSPS) is 10.2. The Kier molecular flexibility index (Phi) is 4.22. The van der Waals surface area contributed by atoms with Crippen LogP contribution in [0.5, 0.6) is 5.88 Å². The van der Waals surface area contributed by atoms with Crippen molar-refractivity contribution < 1.29 is 26.1 Å². The number of methoxy groups -OCH3 is 1. The Morgan fingerprint density at radius 2 is 1.84 bits per heavy atom. The standard InChI is InChI=1S/C15H15N2O.BrH/c1-18-15-9-5-8-14-16(10-11-17(14)15)12-13-6-3-2-4-7-13;/h2-11H,12H2,1H3;1H/q+1;/p-1. The van der Waals surface area contributed by atoms with E-state index in [-0.39, 0.29) is 17.0 Å². The lowest BCUT2D eigenvalue weighted by Crippen LogP contribution is -3.00. The Balaban J connectivity index is 0.00000133. The molecule has 0 saturated heterocycles. The minimum absolute atomic E-state index is 0. The van der Waals surface area contributed by atoms with Crippen LogP contribution in [0.2, 0.25) is 0 Å². The summed E-state index contributed by atoms with van der Waals surface area (Å²) in [4.78, 5) is 0. The quantitative estimate of drug-likeness (QED) is 0.583. The van der Waals surface area contributed by atoms with Crippen molar-refractivity contribution in [2.45, 2.75) is 6.54 Å². The van der Waals surface area contributed by atoms with Crippen molar-refractivity contribution in [3.63, 3.8) is 0 Å². The molecule has 0 amide bonds. The Morgan fingerprint density at radius 1 is 1.05 bits per heavy atom. The summed E-state index contributed by atoms with van der Waals surface area (Å²) in [6, 6.07) is 16.5. The number of ether oxygens (including phenoxy) is 1. The number of nitrogens with zero attached hydrogens (tertiary/aromatic N) is 2. The van der Waals surface area contributed by atoms with E-state index in [9.17, 15) is 0 Å². The van der Waals surface area contributed by atoms with Gasteiger partial charge in [0.15, 0.2) is 0 Å². The summed E-state index contributed by atoms with van der Waals surface area (Å²) in [6.45, 7) is 0.866. The second-order valence-corrected chi connectivity index (χ2v) is 4.21. The molecular formula is C15H15BrN2O. The van der Waals surface area contributed by atoms with Crippen molar-refractivity contribution in [2.24, 2.45) is 0 Å². The number of hydrogen-bond donors (Lipinski definition) is 0. The van der Waals surface area contributed by atoms with Gasteiger partial charge in [0.05, 0.1) is 7.11 Å². The Morgan fingerprint density at radius 3 is 2.58 bits per heavy atom. The molecule has 19 heavy (non-hydrogen) atoms. The smallest absolute Gasteiger partial charge is 0.289 e. The van der Waals surface area contributed by atoms with E-state index in [0.717, 1.165) is 18.1 Å². The van der Waals surface area contributed by atoms with Gasteiger partial charge in [0.2, 0.25) is 0 Å². The molecule has 0 atom stereocenters. The maximum atomic E-state index is 5.34. The number of hydrogen-bond acceptors (Lipinski definition) is 1. The largest absolute Gasteiger partial charge is 1.00 e. The van der Waals surface area contributed by atoms with E-state index in [1.54, 1.807) is 7.11 Å². The molecule has 0 fully saturated rings. The molecule has 3 nitrogen and oxygen atoms in total. The maximum Gasteiger partial charge on any atom is 0.289 e. The highest BCUT2D eigenvalue weighted by atomic mass is 79.9. The number of fused-ring (bicyclic) bond motifs is 1. The van der Waals surface area contributed by atoms with Gasteiger partial charge in [0.25, 0.3) is 11.5 Å². The molecule has 3 rings (SSSR count). The lowest BCUT2D eigenvalue weighted by Gasteiger charge is -2.00. The zero-order chi connectivity index (χ0) is 12.4. The molecule has 1 aromatic carbocycles. The number of pyridine rings is 1. The van der Waals surface area contributed by atoms with Crippen LogP contribution in [0, 0.1) is 0 Å². The lowest BCUT2D eigenvalue weighted by molar-refractivity contribution is -0.520. The van der Waals surface area contributed by atoms with Crippen LogP contribution in [0.25, 0.3) is 5.65 Å². The second-order valence-electron chi connectivity index (χ2n) is 4.21. The van der Waals surface area contributed by atoms with E-state index in [4.69, 9.17) is 4.74 Å². The summed E-state index contributed by atoms with van der Waals surface area (Å²) in [6.07, 6.45) is 4.10. The third-order valence-corrected chi connectivity index (χ3v) is 3.06. The van der Waals surface area contributed by atoms with Crippen molar-refractivity contribution in [1.82, 2.24) is 4.57 Å². The fraction of sp³-hybridized carbons (Fsp3) is 0.133. The summed E-state index contributed by atoms with van der Waals surface area (Å²) >= 11 is 0. The van der Waals surface area contributed by atoms with Crippen molar-refractivity contribution in [1.29, 1.82) is 0 Å². The first kappa shape index (κ1) is 13.6. The van der Waals surface area contributed by atoms with Crippen LogP contribution < -0.4 is 26.1 Å². The van der Waals surface area contributed by atoms with Crippen molar-refractivity contribution in [2.75, 3.05) is 7.11 Å². The summed E-state index contributed by atoms with van der Waals surface area (Å²) < 4.78 is 9.59. The van der Waals surface area contributed by atoms with Crippen LogP contribution in [0.3, 0.4) is 0 Å².